The maximum absolute atomic E-state index is 13.7. The Morgan fingerprint density at radius 1 is 1.00 bits per heavy atom. The van der Waals surface area contributed by atoms with Crippen LogP contribution in [0.4, 0.5) is 4.39 Å². The van der Waals surface area contributed by atoms with E-state index in [1.807, 2.05) is 24.5 Å². The predicted molar refractivity (Wildman–Crippen MR) is 147 cm³/mol. The fraction of sp³-hybridized carbons (Fsp3) is 0.250. The zero-order chi connectivity index (χ0) is 25.5. The summed E-state index contributed by atoms with van der Waals surface area (Å²) in [6.07, 6.45) is 12.6. The van der Waals surface area contributed by atoms with E-state index in [-0.39, 0.29) is 5.13 Å². The third-order valence-corrected chi connectivity index (χ3v) is 8.09. The molecule has 3 N–H and O–H groups in total. The van der Waals surface area contributed by atoms with E-state index in [4.69, 9.17) is 4.98 Å². The summed E-state index contributed by atoms with van der Waals surface area (Å²) < 4.78 is 13.7. The second kappa shape index (κ2) is 9.70. The molecule has 10 heteroatoms. The average Bonchev–Trinajstić information content (AvgIpc) is 3.74. The van der Waals surface area contributed by atoms with Gasteiger partial charge in [0.1, 0.15) is 16.9 Å². The normalized spacial score (nSPS) is 14.2. The van der Waals surface area contributed by atoms with Crippen LogP contribution in [0.2, 0.25) is 0 Å². The number of fused-ring (bicyclic) bond motifs is 2. The van der Waals surface area contributed by atoms with Gasteiger partial charge in [0.2, 0.25) is 0 Å². The highest BCUT2D eigenvalue weighted by Gasteiger charge is 2.18. The molecule has 1 saturated carbocycles. The highest BCUT2D eigenvalue weighted by molar-refractivity contribution is 7.13. The lowest BCUT2D eigenvalue weighted by atomic mass is 10.1. The van der Waals surface area contributed by atoms with Crippen molar-refractivity contribution in [1.29, 1.82) is 0 Å². The first-order valence-corrected chi connectivity index (χ1v) is 13.6. The van der Waals surface area contributed by atoms with Gasteiger partial charge < -0.3 is 10.3 Å². The van der Waals surface area contributed by atoms with Gasteiger partial charge in [-0.15, -0.1) is 11.3 Å². The number of imidazole rings is 1. The molecule has 1 aliphatic carbocycles. The molecule has 1 aliphatic rings. The standard InChI is InChI=1S/C28H25FN8S/c29-24-6-5-23(38-24)27-26-20(7-8-32-27)34-28(35-26)25-19-10-21(33-15-22(19)36-37-25)18-9-17(13-31-14-18)12-30-11-16-3-1-2-4-16/h5-10,13-16,30H,1-4,11-12H2,(H,34,35)(H,36,37). The highest BCUT2D eigenvalue weighted by atomic mass is 32.1. The number of hydrogen-bond acceptors (Lipinski definition) is 7. The number of nitrogens with zero attached hydrogens (tertiary/aromatic N) is 5. The zero-order valence-electron chi connectivity index (χ0n) is 20.5. The summed E-state index contributed by atoms with van der Waals surface area (Å²) in [6, 6.07) is 9.19. The van der Waals surface area contributed by atoms with Crippen molar-refractivity contribution < 1.29 is 4.39 Å². The summed E-state index contributed by atoms with van der Waals surface area (Å²) in [5, 5.41) is 11.8. The van der Waals surface area contributed by atoms with Gasteiger partial charge in [0.15, 0.2) is 11.0 Å². The van der Waals surface area contributed by atoms with E-state index in [1.165, 1.54) is 31.7 Å². The first-order valence-electron chi connectivity index (χ1n) is 12.8. The van der Waals surface area contributed by atoms with E-state index in [2.05, 4.69) is 41.5 Å². The van der Waals surface area contributed by atoms with Gasteiger partial charge in [-0.25, -0.2) is 4.98 Å². The van der Waals surface area contributed by atoms with Crippen molar-refractivity contribution >= 4 is 33.3 Å². The first kappa shape index (κ1) is 23.1. The van der Waals surface area contributed by atoms with E-state index >= 15 is 0 Å². The van der Waals surface area contributed by atoms with Crippen LogP contribution in [0, 0.1) is 11.0 Å². The Kier molecular flexibility index (Phi) is 5.90. The zero-order valence-corrected chi connectivity index (χ0v) is 21.4. The van der Waals surface area contributed by atoms with E-state index in [0.29, 0.717) is 22.7 Å². The quantitative estimate of drug-likeness (QED) is 0.233. The molecule has 6 aromatic heterocycles. The fourth-order valence-electron chi connectivity index (χ4n) is 5.28. The van der Waals surface area contributed by atoms with Crippen LogP contribution in [-0.4, -0.2) is 41.7 Å². The maximum Gasteiger partial charge on any atom is 0.177 e. The molecule has 6 aromatic rings. The summed E-state index contributed by atoms with van der Waals surface area (Å²) in [5.41, 5.74) is 6.54. The second-order valence-electron chi connectivity index (χ2n) is 9.80. The molecule has 0 bridgehead atoms. The molecule has 0 radical (unpaired) electrons. The molecule has 0 amide bonds. The Morgan fingerprint density at radius 2 is 1.92 bits per heavy atom. The predicted octanol–water partition coefficient (Wildman–Crippen LogP) is 6.11. The molecule has 0 aliphatic heterocycles. The SMILES string of the molecule is Fc1ccc(-c2nccc3[nH]c(-c4n[nH]c5cnc(-c6cncc(CNCC7CCCC7)c6)cc45)nc23)s1. The fourth-order valence-corrected chi connectivity index (χ4v) is 6.01. The van der Waals surface area contributed by atoms with Crippen LogP contribution in [0.5, 0.6) is 0 Å². The molecule has 1 fully saturated rings. The number of hydrogen-bond donors (Lipinski definition) is 3. The van der Waals surface area contributed by atoms with Crippen molar-refractivity contribution in [2.75, 3.05) is 6.54 Å². The Bertz CT molecular complexity index is 1750. The monoisotopic (exact) mass is 524 g/mol. The minimum atomic E-state index is -0.254. The van der Waals surface area contributed by atoms with E-state index in [1.54, 1.807) is 18.5 Å². The van der Waals surface area contributed by atoms with Crippen LogP contribution in [0.3, 0.4) is 0 Å². The molecule has 0 atom stereocenters. The van der Waals surface area contributed by atoms with Crippen LogP contribution in [0.15, 0.2) is 55.1 Å². The Morgan fingerprint density at radius 3 is 2.79 bits per heavy atom. The third-order valence-electron chi connectivity index (χ3n) is 7.21. The van der Waals surface area contributed by atoms with Crippen molar-refractivity contribution in [3.63, 3.8) is 0 Å². The number of H-pyrrole nitrogens is 2. The van der Waals surface area contributed by atoms with Crippen LogP contribution < -0.4 is 5.32 Å². The van der Waals surface area contributed by atoms with Gasteiger partial charge in [0, 0.05) is 36.1 Å². The van der Waals surface area contributed by atoms with E-state index in [9.17, 15) is 4.39 Å². The summed E-state index contributed by atoms with van der Waals surface area (Å²) in [4.78, 5) is 22.5. The van der Waals surface area contributed by atoms with Crippen LogP contribution in [0.25, 0.3) is 55.3 Å². The van der Waals surface area contributed by atoms with Crippen LogP contribution >= 0.6 is 11.3 Å². The molecular weight excluding hydrogens is 499 g/mol. The first-order chi connectivity index (χ1) is 18.7. The molecule has 0 saturated heterocycles. The third kappa shape index (κ3) is 4.35. The summed E-state index contributed by atoms with van der Waals surface area (Å²) in [6.45, 7) is 1.85. The molecule has 7 rings (SSSR count). The van der Waals surface area contributed by atoms with E-state index in [0.717, 1.165) is 68.5 Å². The van der Waals surface area contributed by atoms with Crippen molar-refractivity contribution in [1.82, 2.24) is 40.4 Å². The Labute approximate surface area is 221 Å². The summed E-state index contributed by atoms with van der Waals surface area (Å²) >= 11 is 1.05. The van der Waals surface area contributed by atoms with Gasteiger partial charge in [-0.1, -0.05) is 12.8 Å². The topological polar surface area (TPSA) is 108 Å². The average molecular weight is 525 g/mol. The van der Waals surface area contributed by atoms with Crippen LogP contribution in [-0.2, 0) is 6.54 Å². The number of aromatic amines is 2. The molecule has 190 valence electrons. The molecule has 0 aromatic carbocycles. The Hall–Kier alpha value is -4.02. The van der Waals surface area contributed by atoms with Crippen molar-refractivity contribution in [2.45, 2.75) is 32.2 Å². The van der Waals surface area contributed by atoms with Gasteiger partial charge >= 0.3 is 0 Å². The van der Waals surface area contributed by atoms with Gasteiger partial charge in [-0.3, -0.25) is 20.1 Å². The number of nitrogens with one attached hydrogen (secondary N) is 3. The molecule has 0 spiro atoms. The molecule has 8 nitrogen and oxygen atoms in total. The number of rotatable bonds is 7. The number of aromatic nitrogens is 7. The van der Waals surface area contributed by atoms with Crippen molar-refractivity contribution in [3.05, 3.63) is 65.8 Å². The Balaban J connectivity index is 1.20. The molecule has 38 heavy (non-hydrogen) atoms. The molecular formula is C28H25FN8S. The lowest BCUT2D eigenvalue weighted by molar-refractivity contribution is 0.489. The maximum atomic E-state index is 13.7. The minimum absolute atomic E-state index is 0.254. The lowest BCUT2D eigenvalue weighted by Gasteiger charge is -2.11. The lowest BCUT2D eigenvalue weighted by Crippen LogP contribution is -2.20. The van der Waals surface area contributed by atoms with Crippen LogP contribution in [0.1, 0.15) is 31.2 Å². The second-order valence-corrected chi connectivity index (χ2v) is 10.8. The van der Waals surface area contributed by atoms with Crippen molar-refractivity contribution in [3.8, 4) is 33.3 Å². The molecule has 6 heterocycles. The van der Waals surface area contributed by atoms with Gasteiger partial charge in [0.25, 0.3) is 0 Å². The number of halogens is 1. The summed E-state index contributed by atoms with van der Waals surface area (Å²) in [7, 11) is 0. The highest BCUT2D eigenvalue weighted by Crippen LogP contribution is 2.33. The van der Waals surface area contributed by atoms with Crippen molar-refractivity contribution in [2.24, 2.45) is 5.92 Å². The minimum Gasteiger partial charge on any atom is -0.336 e. The van der Waals surface area contributed by atoms with Gasteiger partial charge in [-0.2, -0.15) is 9.49 Å². The van der Waals surface area contributed by atoms with Gasteiger partial charge in [0.05, 0.1) is 27.8 Å². The van der Waals surface area contributed by atoms with E-state index < -0.39 is 0 Å². The molecule has 0 unspecified atom stereocenters. The number of pyridine rings is 3. The number of thiophene rings is 1. The smallest absolute Gasteiger partial charge is 0.177 e. The summed E-state index contributed by atoms with van der Waals surface area (Å²) in [5.74, 6) is 1.41. The largest absolute Gasteiger partial charge is 0.336 e. The van der Waals surface area contributed by atoms with Gasteiger partial charge in [-0.05, 0) is 61.2 Å².